The van der Waals surface area contributed by atoms with E-state index in [9.17, 15) is 0 Å². The summed E-state index contributed by atoms with van der Waals surface area (Å²) in [6.45, 7) is 0. The fraction of sp³-hybridized carbons (Fsp3) is 0. The van der Waals surface area contributed by atoms with E-state index < -0.39 is 0 Å². The molecule has 250 valence electrons. The summed E-state index contributed by atoms with van der Waals surface area (Å²) in [5.74, 6) is 0. The summed E-state index contributed by atoms with van der Waals surface area (Å²) in [6.07, 6.45) is 0. The van der Waals surface area contributed by atoms with Crippen LogP contribution in [0.2, 0.25) is 0 Å². The molecule has 0 fully saturated rings. The van der Waals surface area contributed by atoms with Gasteiger partial charge in [0.2, 0.25) is 0 Å². The lowest BCUT2D eigenvalue weighted by molar-refractivity contribution is 1.28. The number of rotatable bonds is 8. The first-order valence-corrected chi connectivity index (χ1v) is 18.2. The van der Waals surface area contributed by atoms with E-state index in [0.717, 1.165) is 17.1 Å². The van der Waals surface area contributed by atoms with Crippen LogP contribution in [0.3, 0.4) is 0 Å². The third-order valence-corrected chi connectivity index (χ3v) is 10.1. The van der Waals surface area contributed by atoms with Gasteiger partial charge in [-0.15, -0.1) is 0 Å². The molecule has 9 aromatic carbocycles. The average Bonchev–Trinajstić information content (AvgIpc) is 3.25. The molecule has 0 radical (unpaired) electrons. The minimum Gasteiger partial charge on any atom is -0.311 e. The van der Waals surface area contributed by atoms with Crippen molar-refractivity contribution in [2.45, 2.75) is 0 Å². The maximum atomic E-state index is 2.33. The van der Waals surface area contributed by atoms with E-state index >= 15 is 0 Å². The second-order valence-corrected chi connectivity index (χ2v) is 13.3. The third kappa shape index (κ3) is 6.42. The predicted molar refractivity (Wildman–Crippen MR) is 226 cm³/mol. The van der Waals surface area contributed by atoms with Gasteiger partial charge >= 0.3 is 0 Å². The molecule has 0 N–H and O–H groups in total. The quantitative estimate of drug-likeness (QED) is 0.155. The Hall–Kier alpha value is -6.96. The second kappa shape index (κ2) is 14.3. The van der Waals surface area contributed by atoms with E-state index in [1.165, 1.54) is 66.4 Å². The molecule has 0 aliphatic rings. The summed E-state index contributed by atoms with van der Waals surface area (Å²) in [6, 6.07) is 80.6. The minimum atomic E-state index is 1.11. The zero-order chi connectivity index (χ0) is 35.4. The number of para-hydroxylation sites is 1. The van der Waals surface area contributed by atoms with Crippen LogP contribution in [0.1, 0.15) is 0 Å². The van der Waals surface area contributed by atoms with Crippen LogP contribution in [0.15, 0.2) is 224 Å². The maximum Gasteiger partial charge on any atom is 0.0462 e. The van der Waals surface area contributed by atoms with Gasteiger partial charge < -0.3 is 4.90 Å². The third-order valence-electron chi connectivity index (χ3n) is 10.1. The van der Waals surface area contributed by atoms with Crippen LogP contribution >= 0.6 is 0 Å². The van der Waals surface area contributed by atoms with Crippen molar-refractivity contribution >= 4 is 27.8 Å². The highest BCUT2D eigenvalue weighted by Crippen LogP contribution is 2.40. The van der Waals surface area contributed by atoms with Gasteiger partial charge in [-0.05, 0) is 103 Å². The average molecular weight is 676 g/mol. The zero-order valence-electron chi connectivity index (χ0n) is 29.3. The predicted octanol–water partition coefficient (Wildman–Crippen LogP) is 14.6. The van der Waals surface area contributed by atoms with Gasteiger partial charge in [0.15, 0.2) is 0 Å². The number of anilines is 3. The molecule has 9 aromatic rings. The van der Waals surface area contributed by atoms with E-state index in [2.05, 4.69) is 229 Å². The van der Waals surface area contributed by atoms with Crippen molar-refractivity contribution in [3.63, 3.8) is 0 Å². The number of benzene rings is 9. The molecule has 0 spiro atoms. The Morgan fingerprint density at radius 1 is 0.208 bits per heavy atom. The van der Waals surface area contributed by atoms with Crippen molar-refractivity contribution in [3.05, 3.63) is 224 Å². The van der Waals surface area contributed by atoms with Crippen molar-refractivity contribution in [1.82, 2.24) is 0 Å². The largest absolute Gasteiger partial charge is 0.311 e. The summed E-state index contributed by atoms with van der Waals surface area (Å²) in [5, 5.41) is 2.52. The molecule has 53 heavy (non-hydrogen) atoms. The van der Waals surface area contributed by atoms with Crippen LogP contribution in [-0.4, -0.2) is 0 Å². The molecule has 0 aliphatic carbocycles. The molecule has 1 heteroatoms. The first kappa shape index (κ1) is 32.0. The molecule has 9 rings (SSSR count). The lowest BCUT2D eigenvalue weighted by Crippen LogP contribution is -2.09. The van der Waals surface area contributed by atoms with Crippen LogP contribution in [0, 0.1) is 0 Å². The molecule has 0 atom stereocenters. The zero-order valence-corrected chi connectivity index (χ0v) is 29.3. The van der Waals surface area contributed by atoms with E-state index in [0.29, 0.717) is 0 Å². The molecule has 0 saturated carbocycles. The van der Waals surface area contributed by atoms with Gasteiger partial charge in [-0.2, -0.15) is 0 Å². The van der Waals surface area contributed by atoms with Gasteiger partial charge in [-0.25, -0.2) is 0 Å². The molecule has 0 amide bonds. The standard InChI is InChI=1S/C52H37N/c1-4-14-40(15-5-1)48-22-10-11-23-49(48)42-28-26-38(27-29-42)39-30-34-46(35-31-39)53(45-20-8-3-9-21-45)47-36-32-43(33-37-47)51-25-13-19-44-18-12-24-50(52(44)51)41-16-6-2-7-17-41/h1-37H. The van der Waals surface area contributed by atoms with E-state index in [1.807, 2.05) is 0 Å². The van der Waals surface area contributed by atoms with Gasteiger partial charge in [-0.1, -0.05) is 188 Å². The molecular formula is C52H37N. The van der Waals surface area contributed by atoms with Crippen LogP contribution in [0.25, 0.3) is 66.4 Å². The van der Waals surface area contributed by atoms with Crippen LogP contribution in [0.5, 0.6) is 0 Å². The van der Waals surface area contributed by atoms with E-state index in [4.69, 9.17) is 0 Å². The van der Waals surface area contributed by atoms with Crippen molar-refractivity contribution < 1.29 is 0 Å². The highest BCUT2D eigenvalue weighted by atomic mass is 15.1. The Morgan fingerprint density at radius 2 is 0.528 bits per heavy atom. The van der Waals surface area contributed by atoms with Crippen molar-refractivity contribution in [2.75, 3.05) is 4.90 Å². The van der Waals surface area contributed by atoms with Crippen molar-refractivity contribution in [3.8, 4) is 55.6 Å². The molecule has 0 bridgehead atoms. The topological polar surface area (TPSA) is 3.24 Å². The van der Waals surface area contributed by atoms with Crippen molar-refractivity contribution in [1.29, 1.82) is 0 Å². The minimum absolute atomic E-state index is 1.11. The fourth-order valence-electron chi connectivity index (χ4n) is 7.50. The fourth-order valence-corrected chi connectivity index (χ4v) is 7.50. The highest BCUT2D eigenvalue weighted by molar-refractivity contribution is 6.06. The van der Waals surface area contributed by atoms with E-state index in [1.54, 1.807) is 0 Å². The lowest BCUT2D eigenvalue weighted by atomic mass is 9.91. The van der Waals surface area contributed by atoms with Gasteiger partial charge in [-0.3, -0.25) is 0 Å². The second-order valence-electron chi connectivity index (χ2n) is 13.3. The van der Waals surface area contributed by atoms with Gasteiger partial charge in [0.25, 0.3) is 0 Å². The molecule has 0 aromatic heterocycles. The first-order valence-electron chi connectivity index (χ1n) is 18.2. The Balaban J connectivity index is 1.03. The van der Waals surface area contributed by atoms with Crippen molar-refractivity contribution in [2.24, 2.45) is 0 Å². The monoisotopic (exact) mass is 675 g/mol. The Bertz CT molecular complexity index is 2600. The number of nitrogens with zero attached hydrogens (tertiary/aromatic N) is 1. The SMILES string of the molecule is c1ccc(-c2ccccc2-c2ccc(-c3ccc(N(c4ccccc4)c4ccc(-c5cccc6cccc(-c7ccccc7)c56)cc4)cc3)cc2)cc1. The van der Waals surface area contributed by atoms with Gasteiger partial charge in [0.05, 0.1) is 0 Å². The molecule has 0 aliphatic heterocycles. The molecule has 0 saturated heterocycles. The van der Waals surface area contributed by atoms with Crippen LogP contribution in [0.4, 0.5) is 17.1 Å². The summed E-state index contributed by atoms with van der Waals surface area (Å²) < 4.78 is 0. The normalized spacial score (nSPS) is 11.0. The first-order chi connectivity index (χ1) is 26.3. The number of hydrogen-bond donors (Lipinski definition) is 0. The summed E-state index contributed by atoms with van der Waals surface area (Å²) in [7, 11) is 0. The van der Waals surface area contributed by atoms with Crippen LogP contribution in [-0.2, 0) is 0 Å². The summed E-state index contributed by atoms with van der Waals surface area (Å²) in [4.78, 5) is 2.33. The summed E-state index contributed by atoms with van der Waals surface area (Å²) >= 11 is 0. The number of fused-ring (bicyclic) bond motifs is 1. The molecule has 0 heterocycles. The van der Waals surface area contributed by atoms with Gasteiger partial charge in [0, 0.05) is 17.1 Å². The van der Waals surface area contributed by atoms with E-state index in [-0.39, 0.29) is 0 Å². The maximum absolute atomic E-state index is 2.33. The molecule has 0 unspecified atom stereocenters. The smallest absolute Gasteiger partial charge is 0.0462 e. The highest BCUT2D eigenvalue weighted by Gasteiger charge is 2.15. The lowest BCUT2D eigenvalue weighted by Gasteiger charge is -2.26. The number of hydrogen-bond acceptors (Lipinski definition) is 1. The molecule has 1 nitrogen and oxygen atoms in total. The van der Waals surface area contributed by atoms with Gasteiger partial charge in [0.1, 0.15) is 0 Å². The Kier molecular flexibility index (Phi) is 8.66. The van der Waals surface area contributed by atoms with Crippen LogP contribution < -0.4 is 4.90 Å². The molecular weight excluding hydrogens is 639 g/mol. The summed E-state index contributed by atoms with van der Waals surface area (Å²) in [5.41, 5.74) is 15.5. The Labute approximate surface area is 311 Å². The Morgan fingerprint density at radius 3 is 1.04 bits per heavy atom.